The number of carbonyl (C=O) groups is 2. The SMILES string of the molecule is Cc1ccc(C(CCC=O)C(=O)O)cc1. The maximum absolute atomic E-state index is 11.0. The topological polar surface area (TPSA) is 54.4 Å². The number of hydrogen-bond donors (Lipinski definition) is 1. The van der Waals surface area contributed by atoms with Gasteiger partial charge in [-0.25, -0.2) is 0 Å². The van der Waals surface area contributed by atoms with Crippen molar-refractivity contribution in [2.24, 2.45) is 0 Å². The molecule has 0 fully saturated rings. The Morgan fingerprint density at radius 3 is 2.47 bits per heavy atom. The Morgan fingerprint density at radius 2 is 2.00 bits per heavy atom. The predicted octanol–water partition coefficient (Wildman–Crippen LogP) is 2.14. The van der Waals surface area contributed by atoms with Crippen LogP contribution in [-0.2, 0) is 9.59 Å². The lowest BCUT2D eigenvalue weighted by molar-refractivity contribution is -0.139. The highest BCUT2D eigenvalue weighted by Crippen LogP contribution is 2.21. The molecule has 0 amide bonds. The average Bonchev–Trinajstić information content (AvgIpc) is 2.21. The van der Waals surface area contributed by atoms with Crippen molar-refractivity contribution in [3.8, 4) is 0 Å². The summed E-state index contributed by atoms with van der Waals surface area (Å²) in [6.07, 6.45) is 1.40. The molecule has 3 nitrogen and oxygen atoms in total. The van der Waals surface area contributed by atoms with Crippen molar-refractivity contribution in [2.45, 2.75) is 25.7 Å². The van der Waals surface area contributed by atoms with Crippen molar-refractivity contribution in [3.05, 3.63) is 35.4 Å². The zero-order valence-corrected chi connectivity index (χ0v) is 8.64. The van der Waals surface area contributed by atoms with Crippen molar-refractivity contribution >= 4 is 12.3 Å². The summed E-state index contributed by atoms with van der Waals surface area (Å²) in [4.78, 5) is 21.2. The molecule has 0 bridgehead atoms. The maximum Gasteiger partial charge on any atom is 0.310 e. The number of carbonyl (C=O) groups excluding carboxylic acids is 1. The van der Waals surface area contributed by atoms with Crippen LogP contribution in [0.5, 0.6) is 0 Å². The molecule has 0 saturated heterocycles. The molecule has 1 unspecified atom stereocenters. The molecule has 3 heteroatoms. The predicted molar refractivity (Wildman–Crippen MR) is 56.9 cm³/mol. The Bertz CT molecular complexity index is 340. The molecule has 80 valence electrons. The minimum Gasteiger partial charge on any atom is -0.481 e. The summed E-state index contributed by atoms with van der Waals surface area (Å²) in [5.41, 5.74) is 1.85. The minimum absolute atomic E-state index is 0.283. The van der Waals surface area contributed by atoms with Gasteiger partial charge in [0.15, 0.2) is 0 Å². The van der Waals surface area contributed by atoms with Crippen LogP contribution in [0.25, 0.3) is 0 Å². The van der Waals surface area contributed by atoms with Gasteiger partial charge in [0, 0.05) is 6.42 Å². The van der Waals surface area contributed by atoms with Crippen molar-refractivity contribution in [1.82, 2.24) is 0 Å². The Kier molecular flexibility index (Phi) is 4.03. The molecule has 0 aliphatic carbocycles. The van der Waals surface area contributed by atoms with Crippen molar-refractivity contribution in [2.75, 3.05) is 0 Å². The summed E-state index contributed by atoms with van der Waals surface area (Å²) in [6, 6.07) is 7.37. The molecule has 0 aliphatic rings. The van der Waals surface area contributed by atoms with Crippen LogP contribution in [0.3, 0.4) is 0 Å². The van der Waals surface area contributed by atoms with E-state index in [4.69, 9.17) is 5.11 Å². The van der Waals surface area contributed by atoms with Gasteiger partial charge in [-0.3, -0.25) is 4.79 Å². The summed E-state index contributed by atoms with van der Waals surface area (Å²) in [7, 11) is 0. The highest BCUT2D eigenvalue weighted by molar-refractivity contribution is 5.76. The number of hydrogen-bond acceptors (Lipinski definition) is 2. The highest BCUT2D eigenvalue weighted by atomic mass is 16.4. The van der Waals surface area contributed by atoms with Gasteiger partial charge in [0.2, 0.25) is 0 Å². The lowest BCUT2D eigenvalue weighted by atomic mass is 9.94. The molecular formula is C12H14O3. The fourth-order valence-corrected chi connectivity index (χ4v) is 1.47. The fourth-order valence-electron chi connectivity index (χ4n) is 1.47. The average molecular weight is 206 g/mol. The molecule has 1 aromatic carbocycles. The Balaban J connectivity index is 2.83. The molecule has 0 heterocycles. The largest absolute Gasteiger partial charge is 0.481 e. The van der Waals surface area contributed by atoms with E-state index in [1.807, 2.05) is 19.1 Å². The number of carboxylic acids is 1. The lowest BCUT2D eigenvalue weighted by Gasteiger charge is -2.11. The van der Waals surface area contributed by atoms with Crippen molar-refractivity contribution < 1.29 is 14.7 Å². The van der Waals surface area contributed by atoms with Gasteiger partial charge < -0.3 is 9.90 Å². The van der Waals surface area contributed by atoms with E-state index in [1.54, 1.807) is 12.1 Å². The summed E-state index contributed by atoms with van der Waals surface area (Å²) in [5, 5.41) is 9.01. The molecule has 0 aromatic heterocycles. The Labute approximate surface area is 88.7 Å². The zero-order valence-electron chi connectivity index (χ0n) is 8.64. The van der Waals surface area contributed by atoms with Crippen molar-refractivity contribution in [3.63, 3.8) is 0 Å². The number of aliphatic carboxylic acids is 1. The van der Waals surface area contributed by atoms with Crippen LogP contribution < -0.4 is 0 Å². The first-order valence-corrected chi connectivity index (χ1v) is 4.88. The van der Waals surface area contributed by atoms with Gasteiger partial charge in [-0.1, -0.05) is 29.8 Å². The minimum atomic E-state index is -0.874. The van der Waals surface area contributed by atoms with Gasteiger partial charge in [-0.15, -0.1) is 0 Å². The van der Waals surface area contributed by atoms with Crippen molar-refractivity contribution in [1.29, 1.82) is 0 Å². The number of rotatable bonds is 5. The van der Waals surface area contributed by atoms with E-state index in [1.165, 1.54) is 0 Å². The van der Waals surface area contributed by atoms with E-state index in [2.05, 4.69) is 0 Å². The quantitative estimate of drug-likeness (QED) is 0.751. The number of benzene rings is 1. The van der Waals surface area contributed by atoms with Gasteiger partial charge in [0.1, 0.15) is 6.29 Å². The van der Waals surface area contributed by atoms with Gasteiger partial charge in [0.25, 0.3) is 0 Å². The third-order valence-corrected chi connectivity index (χ3v) is 2.35. The third-order valence-electron chi connectivity index (χ3n) is 2.35. The molecular weight excluding hydrogens is 192 g/mol. The number of carboxylic acid groups (broad SMARTS) is 1. The lowest BCUT2D eigenvalue weighted by Crippen LogP contribution is -2.11. The van der Waals surface area contributed by atoms with Crippen LogP contribution in [0.15, 0.2) is 24.3 Å². The second-order valence-corrected chi connectivity index (χ2v) is 3.55. The summed E-state index contributed by atoms with van der Waals surface area (Å²) in [5.74, 6) is -1.45. The number of aldehydes is 1. The van der Waals surface area contributed by atoms with Gasteiger partial charge in [-0.2, -0.15) is 0 Å². The van der Waals surface area contributed by atoms with E-state index < -0.39 is 11.9 Å². The van der Waals surface area contributed by atoms with E-state index in [9.17, 15) is 9.59 Å². The zero-order chi connectivity index (χ0) is 11.3. The summed E-state index contributed by atoms with van der Waals surface area (Å²) >= 11 is 0. The third kappa shape index (κ3) is 3.20. The second kappa shape index (κ2) is 5.29. The van der Waals surface area contributed by atoms with Crippen LogP contribution >= 0.6 is 0 Å². The van der Waals surface area contributed by atoms with Crippen LogP contribution in [0.1, 0.15) is 29.9 Å². The molecule has 1 atom stereocenters. The van der Waals surface area contributed by atoms with Crippen LogP contribution in [-0.4, -0.2) is 17.4 Å². The van der Waals surface area contributed by atoms with Crippen LogP contribution in [0.2, 0.25) is 0 Å². The van der Waals surface area contributed by atoms with Crippen LogP contribution in [0.4, 0.5) is 0 Å². The monoisotopic (exact) mass is 206 g/mol. The second-order valence-electron chi connectivity index (χ2n) is 3.55. The molecule has 1 rings (SSSR count). The van der Waals surface area contributed by atoms with Crippen LogP contribution in [0, 0.1) is 6.92 Å². The molecule has 1 aromatic rings. The van der Waals surface area contributed by atoms with E-state index >= 15 is 0 Å². The Hall–Kier alpha value is -1.64. The smallest absolute Gasteiger partial charge is 0.310 e. The van der Waals surface area contributed by atoms with E-state index in [0.29, 0.717) is 6.42 Å². The number of aryl methyl sites for hydroxylation is 1. The van der Waals surface area contributed by atoms with Gasteiger partial charge in [-0.05, 0) is 18.9 Å². The molecule has 1 N–H and O–H groups in total. The first-order valence-electron chi connectivity index (χ1n) is 4.88. The standard InChI is InChI=1S/C12H14O3/c1-9-4-6-10(7-5-9)11(12(14)15)3-2-8-13/h4-8,11H,2-3H2,1H3,(H,14,15). The molecule has 15 heavy (non-hydrogen) atoms. The fraction of sp³-hybridized carbons (Fsp3) is 0.333. The summed E-state index contributed by atoms with van der Waals surface area (Å²) in [6.45, 7) is 1.95. The normalized spacial score (nSPS) is 12.1. The molecule has 0 saturated carbocycles. The van der Waals surface area contributed by atoms with Gasteiger partial charge in [0.05, 0.1) is 5.92 Å². The first kappa shape index (κ1) is 11.4. The summed E-state index contributed by atoms with van der Waals surface area (Å²) < 4.78 is 0. The Morgan fingerprint density at radius 1 is 1.40 bits per heavy atom. The molecule has 0 aliphatic heterocycles. The first-order chi connectivity index (χ1) is 7.15. The highest BCUT2D eigenvalue weighted by Gasteiger charge is 2.18. The van der Waals surface area contributed by atoms with E-state index in [-0.39, 0.29) is 6.42 Å². The van der Waals surface area contributed by atoms with Gasteiger partial charge >= 0.3 is 5.97 Å². The molecule has 0 radical (unpaired) electrons. The van der Waals surface area contributed by atoms with E-state index in [0.717, 1.165) is 17.4 Å². The molecule has 0 spiro atoms. The maximum atomic E-state index is 11.0.